The Morgan fingerprint density at radius 3 is 2.52 bits per heavy atom. The number of benzene rings is 2. The van der Waals surface area contributed by atoms with Gasteiger partial charge < -0.3 is 15.0 Å². The van der Waals surface area contributed by atoms with E-state index < -0.39 is 5.60 Å². The highest BCUT2D eigenvalue weighted by molar-refractivity contribution is 8.00. The number of rotatable bonds is 8. The predicted molar refractivity (Wildman–Crippen MR) is 162 cm³/mol. The second-order valence-electron chi connectivity index (χ2n) is 10.5. The molecular formula is C30H30N8OS. The fourth-order valence-corrected chi connectivity index (χ4v) is 5.39. The number of fused-ring (bicyclic) bond motifs is 2. The third-order valence-electron chi connectivity index (χ3n) is 6.74. The molecule has 9 nitrogen and oxygen atoms in total. The summed E-state index contributed by atoms with van der Waals surface area (Å²) < 4.78 is 7.05. The van der Waals surface area contributed by atoms with Crippen molar-refractivity contribution in [2.45, 2.75) is 37.8 Å². The first-order valence-electron chi connectivity index (χ1n) is 12.9. The minimum Gasteiger partial charge on any atom is -0.389 e. The van der Waals surface area contributed by atoms with Gasteiger partial charge in [-0.25, -0.2) is 9.97 Å². The molecule has 0 radical (unpaired) electrons. The maximum absolute atomic E-state index is 10.3. The van der Waals surface area contributed by atoms with Crippen LogP contribution in [-0.2, 0) is 13.6 Å². The van der Waals surface area contributed by atoms with E-state index in [9.17, 15) is 5.11 Å². The minimum absolute atomic E-state index is 0.419. The Labute approximate surface area is 236 Å². The molecule has 10 heteroatoms. The Balaban J connectivity index is 1.27. The Morgan fingerprint density at radius 1 is 0.950 bits per heavy atom. The Hall–Kier alpha value is -4.41. The largest absolute Gasteiger partial charge is 0.389 e. The average molecular weight is 551 g/mol. The second-order valence-corrected chi connectivity index (χ2v) is 11.3. The van der Waals surface area contributed by atoms with E-state index in [1.807, 2.05) is 77.5 Å². The number of nitrogens with one attached hydrogen (secondary N) is 2. The number of imidazole rings is 1. The van der Waals surface area contributed by atoms with Crippen LogP contribution in [0.5, 0.6) is 0 Å². The van der Waals surface area contributed by atoms with Crippen LogP contribution in [0.15, 0.2) is 84.4 Å². The van der Waals surface area contributed by atoms with E-state index in [-0.39, 0.29) is 0 Å². The highest BCUT2D eigenvalue weighted by atomic mass is 32.2. The van der Waals surface area contributed by atoms with Crippen LogP contribution in [0, 0.1) is 6.92 Å². The molecule has 6 rings (SSSR count). The molecule has 0 spiro atoms. The summed E-state index contributed by atoms with van der Waals surface area (Å²) in [6.07, 6.45) is 9.23. The highest BCUT2D eigenvalue weighted by Crippen LogP contribution is 2.34. The first kappa shape index (κ1) is 25.8. The lowest BCUT2D eigenvalue weighted by Gasteiger charge is -2.18. The van der Waals surface area contributed by atoms with Gasteiger partial charge in [0.05, 0.1) is 29.6 Å². The van der Waals surface area contributed by atoms with Gasteiger partial charge in [0.25, 0.3) is 0 Å². The summed E-state index contributed by atoms with van der Waals surface area (Å²) in [4.78, 5) is 14.8. The molecule has 0 aliphatic carbocycles. The van der Waals surface area contributed by atoms with E-state index in [4.69, 9.17) is 4.98 Å². The lowest BCUT2D eigenvalue weighted by atomic mass is 9.98. The molecule has 6 aromatic rings. The lowest BCUT2D eigenvalue weighted by molar-refractivity contribution is 0.0591. The van der Waals surface area contributed by atoms with Crippen LogP contribution < -0.4 is 10.0 Å². The average Bonchev–Trinajstić information content (AvgIpc) is 3.53. The molecule has 0 bridgehead atoms. The van der Waals surface area contributed by atoms with Gasteiger partial charge in [0.1, 0.15) is 5.82 Å². The van der Waals surface area contributed by atoms with E-state index in [1.165, 1.54) is 11.9 Å². The molecule has 4 heterocycles. The third-order valence-corrected chi connectivity index (χ3v) is 7.54. The molecule has 0 atom stereocenters. The predicted octanol–water partition coefficient (Wildman–Crippen LogP) is 6.32. The summed E-state index contributed by atoms with van der Waals surface area (Å²) in [6.45, 7) is 6.09. The van der Waals surface area contributed by atoms with Gasteiger partial charge in [-0.3, -0.25) is 14.4 Å². The summed E-state index contributed by atoms with van der Waals surface area (Å²) in [6, 6.07) is 16.3. The van der Waals surface area contributed by atoms with Crippen molar-refractivity contribution in [3.05, 3.63) is 85.1 Å². The van der Waals surface area contributed by atoms with Crippen LogP contribution in [-0.4, -0.2) is 40.0 Å². The molecule has 0 amide bonds. The monoisotopic (exact) mass is 550 g/mol. The van der Waals surface area contributed by atoms with E-state index in [0.717, 1.165) is 60.8 Å². The van der Waals surface area contributed by atoms with Gasteiger partial charge in [-0.1, -0.05) is 6.07 Å². The molecule has 40 heavy (non-hydrogen) atoms. The van der Waals surface area contributed by atoms with Gasteiger partial charge in [-0.15, -0.1) is 0 Å². The SMILES string of the molecule is Cc1c(-c2nccc3cnc(Nc4ccc(SNc5nccn5C)cc4)cc23)ccc2c1cnn2CC(C)(C)O. The van der Waals surface area contributed by atoms with Crippen LogP contribution in [0.25, 0.3) is 32.9 Å². The molecule has 0 unspecified atom stereocenters. The maximum Gasteiger partial charge on any atom is 0.212 e. The van der Waals surface area contributed by atoms with E-state index >= 15 is 0 Å². The number of aromatic nitrogens is 6. The molecule has 0 saturated heterocycles. The first-order chi connectivity index (χ1) is 19.2. The van der Waals surface area contributed by atoms with Crippen molar-refractivity contribution in [1.29, 1.82) is 0 Å². The standard InChI is InChI=1S/C30H30N8OS/c1-19-23(9-10-26-25(19)17-34-38(26)18-30(2,3)39)28-24-15-27(33-16-20(24)11-12-31-28)35-21-5-7-22(8-6-21)40-36-29-32-13-14-37(29)4/h5-17,39H,18H2,1-4H3,(H,32,36)(H,33,35). The maximum atomic E-state index is 10.3. The molecule has 3 N–H and O–H groups in total. The van der Waals surface area contributed by atoms with Crippen molar-refractivity contribution in [3.63, 3.8) is 0 Å². The number of nitrogens with zero attached hydrogens (tertiary/aromatic N) is 6. The normalized spacial score (nSPS) is 11.8. The van der Waals surface area contributed by atoms with E-state index in [0.29, 0.717) is 6.54 Å². The van der Waals surface area contributed by atoms with Crippen molar-refractivity contribution in [1.82, 2.24) is 29.3 Å². The molecule has 2 aromatic carbocycles. The van der Waals surface area contributed by atoms with Crippen molar-refractivity contribution in [3.8, 4) is 11.3 Å². The first-order valence-corrected chi connectivity index (χ1v) is 13.8. The summed E-state index contributed by atoms with van der Waals surface area (Å²) in [5.41, 5.74) is 4.11. The molecule has 0 aliphatic heterocycles. The zero-order valence-corrected chi connectivity index (χ0v) is 23.6. The quantitative estimate of drug-likeness (QED) is 0.189. The molecule has 0 aliphatic rings. The minimum atomic E-state index is -0.853. The zero-order valence-electron chi connectivity index (χ0n) is 22.8. The van der Waals surface area contributed by atoms with E-state index in [2.05, 4.69) is 44.2 Å². The zero-order chi connectivity index (χ0) is 27.9. The van der Waals surface area contributed by atoms with Gasteiger partial charge in [0.2, 0.25) is 5.95 Å². The lowest BCUT2D eigenvalue weighted by Crippen LogP contribution is -2.26. The van der Waals surface area contributed by atoms with Crippen molar-refractivity contribution in [2.75, 3.05) is 10.0 Å². The number of hydrogen-bond donors (Lipinski definition) is 3. The second kappa shape index (κ2) is 10.3. The Kier molecular flexibility index (Phi) is 6.65. The van der Waals surface area contributed by atoms with Crippen LogP contribution in [0.4, 0.5) is 17.5 Å². The van der Waals surface area contributed by atoms with Crippen LogP contribution in [0.2, 0.25) is 0 Å². The van der Waals surface area contributed by atoms with Gasteiger partial charge in [-0.2, -0.15) is 5.10 Å². The summed E-state index contributed by atoms with van der Waals surface area (Å²) >= 11 is 1.51. The highest BCUT2D eigenvalue weighted by Gasteiger charge is 2.18. The molecule has 4 aromatic heterocycles. The topological polar surface area (TPSA) is 106 Å². The number of anilines is 3. The molecule has 0 saturated carbocycles. The number of aryl methyl sites for hydroxylation is 2. The molecule has 0 fully saturated rings. The van der Waals surface area contributed by atoms with E-state index in [1.54, 1.807) is 20.0 Å². The smallest absolute Gasteiger partial charge is 0.212 e. The fraction of sp³-hybridized carbons (Fsp3) is 0.200. The number of hydrogen-bond acceptors (Lipinski definition) is 8. The number of aliphatic hydroxyl groups is 1. The van der Waals surface area contributed by atoms with Gasteiger partial charge in [0, 0.05) is 64.1 Å². The van der Waals surface area contributed by atoms with Gasteiger partial charge >= 0.3 is 0 Å². The Morgan fingerprint density at radius 2 is 1.77 bits per heavy atom. The van der Waals surface area contributed by atoms with Gasteiger partial charge in [-0.05, 0) is 80.7 Å². The van der Waals surface area contributed by atoms with Crippen molar-refractivity contribution >= 4 is 51.1 Å². The molecule has 202 valence electrons. The van der Waals surface area contributed by atoms with Gasteiger partial charge in [0.15, 0.2) is 0 Å². The summed E-state index contributed by atoms with van der Waals surface area (Å²) in [5.74, 6) is 1.54. The van der Waals surface area contributed by atoms with Crippen molar-refractivity contribution in [2.24, 2.45) is 7.05 Å². The number of pyridine rings is 2. The van der Waals surface area contributed by atoms with Crippen molar-refractivity contribution < 1.29 is 5.11 Å². The van der Waals surface area contributed by atoms with Crippen LogP contribution in [0.1, 0.15) is 19.4 Å². The van der Waals surface area contributed by atoms with Crippen LogP contribution >= 0.6 is 11.9 Å². The summed E-state index contributed by atoms with van der Waals surface area (Å²) in [5, 5.41) is 21.3. The Bertz CT molecular complexity index is 1820. The van der Waals surface area contributed by atoms with Crippen LogP contribution in [0.3, 0.4) is 0 Å². The molecular weight excluding hydrogens is 520 g/mol. The third kappa shape index (κ3) is 5.23. The summed E-state index contributed by atoms with van der Waals surface area (Å²) in [7, 11) is 1.95. The fourth-order valence-electron chi connectivity index (χ4n) is 4.71.